The summed E-state index contributed by atoms with van der Waals surface area (Å²) in [5.74, 6) is -6.10. The summed E-state index contributed by atoms with van der Waals surface area (Å²) in [7, 11) is 0.747. The highest BCUT2D eigenvalue weighted by Crippen LogP contribution is 2.45. The minimum Gasteiger partial charge on any atom is -0.428 e. The summed E-state index contributed by atoms with van der Waals surface area (Å²) >= 11 is 5.39. The van der Waals surface area contributed by atoms with E-state index in [9.17, 15) is 45.2 Å². The van der Waals surface area contributed by atoms with E-state index in [0.717, 1.165) is 13.1 Å². The zero-order valence-corrected chi connectivity index (χ0v) is 17.6. The molecule has 0 unspecified atom stereocenters. The van der Waals surface area contributed by atoms with Crippen LogP contribution in [0.25, 0.3) is 0 Å². The van der Waals surface area contributed by atoms with E-state index in [4.69, 9.17) is 22.4 Å². The monoisotopic (exact) mass is 528 g/mol. The first-order valence-electron chi connectivity index (χ1n) is 8.65. The molecule has 0 saturated heterocycles. The fourth-order valence-corrected chi connectivity index (χ4v) is 2.84. The Morgan fingerprint density at radius 1 is 1.14 bits per heavy atom. The van der Waals surface area contributed by atoms with Crippen molar-refractivity contribution < 1.29 is 49.4 Å². The predicted octanol–water partition coefficient (Wildman–Crippen LogP) is 6.11. The number of rotatable bonds is 4. The maximum absolute atomic E-state index is 14.2. The molecule has 0 spiro atoms. The van der Waals surface area contributed by atoms with Crippen LogP contribution < -0.4 is 9.64 Å². The summed E-state index contributed by atoms with van der Waals surface area (Å²) in [5.41, 5.74) is -8.31. The molecule has 1 amide bonds. The molecule has 0 bridgehead atoms. The average Bonchev–Trinajstić information content (AvgIpc) is 2.74. The van der Waals surface area contributed by atoms with Crippen LogP contribution in [0.4, 0.5) is 45.6 Å². The second-order valence-electron chi connectivity index (χ2n) is 6.34. The summed E-state index contributed by atoms with van der Waals surface area (Å²) in [6.07, 6.45) is -13.1. The third-order valence-corrected chi connectivity index (χ3v) is 4.59. The zero-order chi connectivity index (χ0) is 26.9. The van der Waals surface area contributed by atoms with Gasteiger partial charge in [-0.2, -0.15) is 31.6 Å². The summed E-state index contributed by atoms with van der Waals surface area (Å²) in [5, 5.41) is 22.6. The van der Waals surface area contributed by atoms with Crippen LogP contribution in [0.1, 0.15) is 22.3 Å². The topological polar surface area (TPSA) is 110 Å². The van der Waals surface area contributed by atoms with Crippen molar-refractivity contribution >= 4 is 35.7 Å². The Labute approximate surface area is 195 Å². The number of nitriles is 1. The van der Waals surface area contributed by atoms with Gasteiger partial charge in [0.2, 0.25) is 5.90 Å². The molecular formula is C19H9ClF8N4O3. The third kappa shape index (κ3) is 5.43. The number of anilines is 1. The summed E-state index contributed by atoms with van der Waals surface area (Å²) in [4.78, 5) is 12.7. The van der Waals surface area contributed by atoms with Gasteiger partial charge in [0, 0.05) is 7.05 Å². The smallest absolute Gasteiger partial charge is 0.420 e. The molecule has 2 rings (SSSR count). The van der Waals surface area contributed by atoms with E-state index in [1.54, 1.807) is 0 Å². The Hall–Kier alpha value is -3.93. The number of amides is 1. The third-order valence-electron chi connectivity index (χ3n) is 4.25. The van der Waals surface area contributed by atoms with Gasteiger partial charge in [-0.3, -0.25) is 15.7 Å². The van der Waals surface area contributed by atoms with E-state index in [1.165, 1.54) is 0 Å². The van der Waals surface area contributed by atoms with E-state index < -0.39 is 80.8 Å². The molecule has 2 N–H and O–H groups in total. The van der Waals surface area contributed by atoms with Crippen molar-refractivity contribution in [2.24, 2.45) is 0 Å². The van der Waals surface area contributed by atoms with Crippen LogP contribution in [0.3, 0.4) is 0 Å². The van der Waals surface area contributed by atoms with Crippen LogP contribution in [0.2, 0.25) is 5.02 Å². The molecule has 0 aliphatic rings. The summed E-state index contributed by atoms with van der Waals surface area (Å²) in [6, 6.07) is 1.73. The zero-order valence-electron chi connectivity index (χ0n) is 16.8. The van der Waals surface area contributed by atoms with Crippen LogP contribution in [0.5, 0.6) is 5.75 Å². The lowest BCUT2D eigenvalue weighted by Crippen LogP contribution is -2.32. The number of nitrogens with one attached hydrogen (secondary N) is 2. The molecule has 0 aliphatic heterocycles. The average molecular weight is 529 g/mol. The van der Waals surface area contributed by atoms with Crippen LogP contribution in [-0.2, 0) is 17.1 Å². The molecule has 0 radical (unpaired) electrons. The van der Waals surface area contributed by atoms with Crippen LogP contribution in [0, 0.1) is 33.8 Å². The Morgan fingerprint density at radius 3 is 2.20 bits per heavy atom. The molecule has 7 nitrogen and oxygen atoms in total. The number of halogens is 9. The van der Waals surface area contributed by atoms with E-state index in [0.29, 0.717) is 12.1 Å². The van der Waals surface area contributed by atoms with Gasteiger partial charge in [0.1, 0.15) is 16.9 Å². The number of ether oxygens (including phenoxy) is 2. The Morgan fingerprint density at radius 2 is 1.71 bits per heavy atom. The molecule has 0 saturated carbocycles. The number of carbonyl (C=O) groups excluding carboxylic acids is 1. The van der Waals surface area contributed by atoms with Crippen molar-refractivity contribution in [3.63, 3.8) is 0 Å². The first-order valence-corrected chi connectivity index (χ1v) is 9.03. The maximum atomic E-state index is 14.2. The van der Waals surface area contributed by atoms with Crippen molar-refractivity contribution in [2.45, 2.75) is 12.4 Å². The van der Waals surface area contributed by atoms with Crippen LogP contribution >= 0.6 is 11.6 Å². The largest absolute Gasteiger partial charge is 0.428 e. The minimum absolute atomic E-state index is 0.0371. The highest BCUT2D eigenvalue weighted by atomic mass is 35.5. The fourth-order valence-electron chi connectivity index (χ4n) is 2.68. The number of alkyl halides is 6. The van der Waals surface area contributed by atoms with E-state index in [1.807, 2.05) is 0 Å². The molecule has 0 atom stereocenters. The van der Waals surface area contributed by atoms with E-state index in [-0.39, 0.29) is 11.3 Å². The molecule has 0 aromatic heterocycles. The number of hydrogen-bond acceptors (Lipinski definition) is 6. The first kappa shape index (κ1) is 27.3. The molecule has 16 heteroatoms. The molecule has 35 heavy (non-hydrogen) atoms. The molecule has 2 aromatic rings. The number of nitrogens with zero attached hydrogens (tertiary/aromatic N) is 2. The molecule has 0 fully saturated rings. The first-order chi connectivity index (χ1) is 16.1. The lowest BCUT2D eigenvalue weighted by molar-refractivity contribution is -0.143. The van der Waals surface area contributed by atoms with Crippen LogP contribution in [-0.4, -0.2) is 25.4 Å². The van der Waals surface area contributed by atoms with Gasteiger partial charge in [0.25, 0.3) is 0 Å². The van der Waals surface area contributed by atoms with Crippen molar-refractivity contribution in [3.8, 4) is 11.8 Å². The van der Waals surface area contributed by atoms with Crippen LogP contribution in [0.15, 0.2) is 18.2 Å². The minimum atomic E-state index is -5.63. The summed E-state index contributed by atoms with van der Waals surface area (Å²) < 4.78 is 118. The molecular weight excluding hydrogens is 520 g/mol. The Kier molecular flexibility index (Phi) is 7.60. The molecule has 2 aromatic carbocycles. The van der Waals surface area contributed by atoms with Gasteiger partial charge in [0.05, 0.1) is 27.9 Å². The number of benzene rings is 2. The SMILES string of the molecule is CN(C(=O)Oc1c(C(F)(F)F)cc(C(F)(F)F)c(C#N)c1C(=N)OC=N)c1ccc(F)c(Cl)c1F. The van der Waals surface area contributed by atoms with Gasteiger partial charge >= 0.3 is 18.4 Å². The van der Waals surface area contributed by atoms with Crippen molar-refractivity contribution in [3.05, 3.63) is 57.1 Å². The van der Waals surface area contributed by atoms with Crippen molar-refractivity contribution in [1.29, 1.82) is 16.1 Å². The van der Waals surface area contributed by atoms with Gasteiger partial charge in [-0.1, -0.05) is 11.6 Å². The van der Waals surface area contributed by atoms with E-state index >= 15 is 0 Å². The van der Waals surface area contributed by atoms with E-state index in [2.05, 4.69) is 9.47 Å². The highest BCUT2D eigenvalue weighted by Gasteiger charge is 2.45. The highest BCUT2D eigenvalue weighted by molar-refractivity contribution is 6.31. The van der Waals surface area contributed by atoms with Gasteiger partial charge in [-0.15, -0.1) is 0 Å². The second kappa shape index (κ2) is 9.74. The molecule has 186 valence electrons. The van der Waals surface area contributed by atoms with Gasteiger partial charge in [0.15, 0.2) is 18.0 Å². The van der Waals surface area contributed by atoms with Gasteiger partial charge < -0.3 is 9.47 Å². The fraction of sp³-hybridized carbons (Fsp3) is 0.158. The van der Waals surface area contributed by atoms with Gasteiger partial charge in [-0.25, -0.2) is 13.6 Å². The van der Waals surface area contributed by atoms with Crippen molar-refractivity contribution in [1.82, 2.24) is 0 Å². The Balaban J connectivity index is 2.82. The quantitative estimate of drug-likeness (QED) is 0.216. The summed E-state index contributed by atoms with van der Waals surface area (Å²) in [6.45, 7) is 0. The Bertz CT molecular complexity index is 1250. The maximum Gasteiger partial charge on any atom is 0.420 e. The number of hydrogen-bond donors (Lipinski definition) is 2. The number of carbonyl (C=O) groups is 1. The molecule has 0 aliphatic carbocycles. The second-order valence-corrected chi connectivity index (χ2v) is 6.72. The normalized spacial score (nSPS) is 11.5. The van der Waals surface area contributed by atoms with Crippen molar-refractivity contribution in [2.75, 3.05) is 11.9 Å². The lowest BCUT2D eigenvalue weighted by Gasteiger charge is -2.23. The lowest BCUT2D eigenvalue weighted by atomic mass is 9.95. The molecule has 0 heterocycles. The standard InChI is InChI=1S/C19H9ClF8N4O3/c1-32(11-3-2-10(21)13(20)14(11)22)17(33)35-15-9(19(26,27)28)4-8(18(23,24)25)7(5-29)12(15)16(31)34-6-30/h2-4,6,30-31H,1H3. The van der Waals surface area contributed by atoms with Gasteiger partial charge in [-0.05, 0) is 18.2 Å². The predicted molar refractivity (Wildman–Crippen MR) is 104 cm³/mol.